The van der Waals surface area contributed by atoms with Crippen molar-refractivity contribution in [3.8, 4) is 11.3 Å². The van der Waals surface area contributed by atoms with E-state index in [1.807, 2.05) is 0 Å². The second kappa shape index (κ2) is 4.02. The summed E-state index contributed by atoms with van der Waals surface area (Å²) in [6.07, 6.45) is 1.47. The topological polar surface area (TPSA) is 25.8 Å². The molecule has 0 radical (unpaired) electrons. The van der Waals surface area contributed by atoms with Crippen molar-refractivity contribution in [3.63, 3.8) is 0 Å². The van der Waals surface area contributed by atoms with E-state index in [2.05, 4.69) is 25.9 Å². The summed E-state index contributed by atoms with van der Waals surface area (Å²) in [4.78, 5) is 7.75. The smallest absolute Gasteiger partial charge is 0.197 e. The summed E-state index contributed by atoms with van der Waals surface area (Å²) >= 11 is 3.06. The largest absolute Gasteiger partial charge is 0.231 e. The van der Waals surface area contributed by atoms with Gasteiger partial charge in [-0.3, -0.25) is 0 Å². The molecule has 0 unspecified atom stereocenters. The molecule has 0 atom stereocenters. The highest BCUT2D eigenvalue weighted by atomic mass is 79.9. The average Bonchev–Trinajstić information content (AvgIpc) is 2.22. The zero-order valence-electron chi connectivity index (χ0n) is 7.42. The van der Waals surface area contributed by atoms with Gasteiger partial charge in [-0.05, 0) is 34.1 Å². The third kappa shape index (κ3) is 2.02. The zero-order valence-corrected chi connectivity index (χ0v) is 9.00. The number of nitrogens with zero attached hydrogens (tertiary/aromatic N) is 2. The van der Waals surface area contributed by atoms with E-state index in [9.17, 15) is 8.78 Å². The second-order valence-corrected chi connectivity index (χ2v) is 3.52. The molecule has 0 bridgehead atoms. The monoisotopic (exact) mass is 270 g/mol. The molecule has 2 rings (SSSR count). The highest BCUT2D eigenvalue weighted by Gasteiger charge is 2.10. The van der Waals surface area contributed by atoms with E-state index in [-0.39, 0.29) is 5.56 Å². The van der Waals surface area contributed by atoms with Crippen molar-refractivity contribution in [3.05, 3.63) is 46.8 Å². The first-order chi connectivity index (χ1) is 7.18. The molecule has 0 spiro atoms. The molecule has 1 heterocycles. The minimum Gasteiger partial charge on any atom is -0.231 e. The van der Waals surface area contributed by atoms with E-state index >= 15 is 0 Å². The molecule has 76 valence electrons. The zero-order chi connectivity index (χ0) is 10.8. The predicted octanol–water partition coefficient (Wildman–Crippen LogP) is 3.18. The van der Waals surface area contributed by atoms with E-state index in [1.165, 1.54) is 24.4 Å². The maximum atomic E-state index is 13.4. The summed E-state index contributed by atoms with van der Waals surface area (Å²) in [5.74, 6) is -1.79. The molecule has 0 fully saturated rings. The Balaban J connectivity index is 2.59. The Bertz CT molecular complexity index is 503. The summed E-state index contributed by atoms with van der Waals surface area (Å²) in [5.41, 5.74) is 0.465. The normalized spacial score (nSPS) is 10.3. The van der Waals surface area contributed by atoms with Crippen LogP contribution >= 0.6 is 15.9 Å². The van der Waals surface area contributed by atoms with E-state index in [4.69, 9.17) is 0 Å². The van der Waals surface area contributed by atoms with Gasteiger partial charge in [-0.25, -0.2) is 18.7 Å². The number of hydrogen-bond donors (Lipinski definition) is 0. The Kier molecular flexibility index (Phi) is 2.73. The Morgan fingerprint density at radius 1 is 1.13 bits per heavy atom. The maximum absolute atomic E-state index is 13.4. The third-order valence-electron chi connectivity index (χ3n) is 1.85. The lowest BCUT2D eigenvalue weighted by Gasteiger charge is -2.02. The quantitative estimate of drug-likeness (QED) is 0.744. The standard InChI is InChI=1S/C10H5BrF2N2/c11-10-14-5-4-8(15-10)6-2-1-3-7(12)9(6)13/h1-5H. The maximum Gasteiger partial charge on any atom is 0.197 e. The Morgan fingerprint density at radius 3 is 2.67 bits per heavy atom. The predicted molar refractivity (Wildman–Crippen MR) is 55.1 cm³/mol. The minimum atomic E-state index is -0.900. The van der Waals surface area contributed by atoms with Crippen molar-refractivity contribution >= 4 is 15.9 Å². The molecular weight excluding hydrogens is 266 g/mol. The molecule has 15 heavy (non-hydrogen) atoms. The Labute approximate surface area is 93.1 Å². The van der Waals surface area contributed by atoms with Gasteiger partial charge in [0.2, 0.25) is 0 Å². The van der Waals surface area contributed by atoms with Gasteiger partial charge in [0, 0.05) is 11.8 Å². The van der Waals surface area contributed by atoms with Gasteiger partial charge in [-0.1, -0.05) is 6.07 Å². The lowest BCUT2D eigenvalue weighted by Crippen LogP contribution is -1.92. The molecule has 2 aromatic rings. The molecular formula is C10H5BrF2N2. The fraction of sp³-hybridized carbons (Fsp3) is 0. The van der Waals surface area contributed by atoms with Crippen LogP contribution < -0.4 is 0 Å². The highest BCUT2D eigenvalue weighted by molar-refractivity contribution is 9.10. The summed E-state index contributed by atoms with van der Waals surface area (Å²) in [7, 11) is 0. The van der Waals surface area contributed by atoms with Crippen LogP contribution in [0, 0.1) is 11.6 Å². The molecule has 0 aliphatic heterocycles. The molecule has 1 aromatic carbocycles. The fourth-order valence-electron chi connectivity index (χ4n) is 1.19. The number of aromatic nitrogens is 2. The molecule has 0 aliphatic rings. The summed E-state index contributed by atoms with van der Waals surface area (Å²) < 4.78 is 26.6. The van der Waals surface area contributed by atoms with Crippen LogP contribution in [0.3, 0.4) is 0 Å². The van der Waals surface area contributed by atoms with Crippen LogP contribution in [0.2, 0.25) is 0 Å². The molecule has 0 saturated carbocycles. The number of halogens is 3. The third-order valence-corrected chi connectivity index (χ3v) is 2.24. The van der Waals surface area contributed by atoms with Crippen LogP contribution in [0.5, 0.6) is 0 Å². The molecule has 2 nitrogen and oxygen atoms in total. The van der Waals surface area contributed by atoms with Gasteiger partial charge in [-0.15, -0.1) is 0 Å². The van der Waals surface area contributed by atoms with Crippen LogP contribution in [0.1, 0.15) is 0 Å². The van der Waals surface area contributed by atoms with Gasteiger partial charge in [-0.2, -0.15) is 0 Å². The van der Waals surface area contributed by atoms with Crippen molar-refractivity contribution < 1.29 is 8.78 Å². The average molecular weight is 271 g/mol. The van der Waals surface area contributed by atoms with Crippen LogP contribution in [-0.4, -0.2) is 9.97 Å². The van der Waals surface area contributed by atoms with Gasteiger partial charge < -0.3 is 0 Å². The van der Waals surface area contributed by atoms with Crippen molar-refractivity contribution in [2.24, 2.45) is 0 Å². The SMILES string of the molecule is Fc1cccc(-c2ccnc(Br)n2)c1F. The van der Waals surface area contributed by atoms with Crippen molar-refractivity contribution in [1.29, 1.82) is 0 Å². The van der Waals surface area contributed by atoms with Crippen LogP contribution in [0.15, 0.2) is 35.2 Å². The van der Waals surface area contributed by atoms with Crippen molar-refractivity contribution in [2.45, 2.75) is 0 Å². The lowest BCUT2D eigenvalue weighted by atomic mass is 10.1. The number of rotatable bonds is 1. The van der Waals surface area contributed by atoms with E-state index in [0.717, 1.165) is 6.07 Å². The van der Waals surface area contributed by atoms with Gasteiger partial charge in [0.1, 0.15) is 0 Å². The van der Waals surface area contributed by atoms with Crippen molar-refractivity contribution in [1.82, 2.24) is 9.97 Å². The van der Waals surface area contributed by atoms with Crippen LogP contribution in [-0.2, 0) is 0 Å². The van der Waals surface area contributed by atoms with Crippen LogP contribution in [0.25, 0.3) is 11.3 Å². The first kappa shape index (κ1) is 10.2. The molecule has 0 saturated heterocycles. The van der Waals surface area contributed by atoms with Gasteiger partial charge in [0.15, 0.2) is 16.4 Å². The lowest BCUT2D eigenvalue weighted by molar-refractivity contribution is 0.511. The Morgan fingerprint density at radius 2 is 1.93 bits per heavy atom. The summed E-state index contributed by atoms with van der Waals surface area (Å²) in [6, 6.07) is 5.48. The van der Waals surface area contributed by atoms with Gasteiger partial charge >= 0.3 is 0 Å². The van der Waals surface area contributed by atoms with Gasteiger partial charge in [0.05, 0.1) is 5.69 Å². The molecule has 0 aliphatic carbocycles. The Hall–Kier alpha value is -1.36. The molecule has 0 amide bonds. The summed E-state index contributed by atoms with van der Waals surface area (Å²) in [6.45, 7) is 0. The second-order valence-electron chi connectivity index (χ2n) is 2.81. The van der Waals surface area contributed by atoms with E-state index in [1.54, 1.807) is 0 Å². The summed E-state index contributed by atoms with van der Waals surface area (Å²) in [5, 5.41) is 0. The first-order valence-electron chi connectivity index (χ1n) is 4.11. The molecule has 5 heteroatoms. The molecule has 0 N–H and O–H groups in total. The van der Waals surface area contributed by atoms with Crippen molar-refractivity contribution in [2.75, 3.05) is 0 Å². The highest BCUT2D eigenvalue weighted by Crippen LogP contribution is 2.22. The van der Waals surface area contributed by atoms with E-state index in [0.29, 0.717) is 10.4 Å². The number of hydrogen-bond acceptors (Lipinski definition) is 2. The van der Waals surface area contributed by atoms with Crippen LogP contribution in [0.4, 0.5) is 8.78 Å². The molecule has 1 aromatic heterocycles. The number of benzene rings is 1. The fourth-order valence-corrected chi connectivity index (χ4v) is 1.50. The minimum absolute atomic E-state index is 0.123. The van der Waals surface area contributed by atoms with Gasteiger partial charge in [0.25, 0.3) is 0 Å². The van der Waals surface area contributed by atoms with E-state index < -0.39 is 11.6 Å². The first-order valence-corrected chi connectivity index (χ1v) is 4.90.